The van der Waals surface area contributed by atoms with Gasteiger partial charge in [-0.1, -0.05) is 24.3 Å². The molecule has 0 spiro atoms. The number of nitrogens with one attached hydrogen (secondary N) is 1. The lowest BCUT2D eigenvalue weighted by Crippen LogP contribution is -2.42. The highest BCUT2D eigenvalue weighted by Crippen LogP contribution is 2.23. The van der Waals surface area contributed by atoms with Crippen LogP contribution >= 0.6 is 0 Å². The van der Waals surface area contributed by atoms with Crippen molar-refractivity contribution in [1.29, 1.82) is 0 Å². The fourth-order valence-corrected chi connectivity index (χ4v) is 2.87. The van der Waals surface area contributed by atoms with Gasteiger partial charge in [0.05, 0.1) is 21.3 Å². The van der Waals surface area contributed by atoms with E-state index >= 15 is 0 Å². The lowest BCUT2D eigenvalue weighted by atomic mass is 9.96. The van der Waals surface area contributed by atoms with Crippen molar-refractivity contribution in [3.63, 3.8) is 0 Å². The maximum absolute atomic E-state index is 11.3. The smallest absolute Gasteiger partial charge is 0.323 e. The maximum Gasteiger partial charge on any atom is 0.323 e. The number of rotatable bonds is 5. The Labute approximate surface area is 170 Å². The summed E-state index contributed by atoms with van der Waals surface area (Å²) in [7, 11) is 4.55. The molecule has 2 aromatic carbocycles. The molecular weight excluding hydrogens is 372 g/mol. The highest BCUT2D eigenvalue weighted by atomic mass is 16.5. The number of esters is 1. The van der Waals surface area contributed by atoms with E-state index in [2.05, 4.69) is 17.4 Å². The Morgan fingerprint density at radius 3 is 2.21 bits per heavy atom. The van der Waals surface area contributed by atoms with Gasteiger partial charge in [0.15, 0.2) is 0 Å². The van der Waals surface area contributed by atoms with Gasteiger partial charge >= 0.3 is 5.97 Å². The lowest BCUT2D eigenvalue weighted by Gasteiger charge is -2.23. The molecule has 1 aliphatic heterocycles. The second-order valence-corrected chi connectivity index (χ2v) is 6.31. The quantitative estimate of drug-likeness (QED) is 0.591. The average Bonchev–Trinajstić information content (AvgIpc) is 2.76. The molecule has 7 nitrogen and oxygen atoms in total. The van der Waals surface area contributed by atoms with Crippen molar-refractivity contribution in [2.45, 2.75) is 19.0 Å². The van der Waals surface area contributed by atoms with Crippen molar-refractivity contribution < 1.29 is 23.8 Å². The van der Waals surface area contributed by atoms with Crippen LogP contribution < -0.4 is 20.5 Å². The molecule has 0 radical (unpaired) electrons. The van der Waals surface area contributed by atoms with Crippen LogP contribution in [0.3, 0.4) is 0 Å². The number of hydrogen-bond acceptors (Lipinski definition) is 6. The van der Waals surface area contributed by atoms with Crippen LogP contribution in [0.25, 0.3) is 6.08 Å². The van der Waals surface area contributed by atoms with Crippen LogP contribution in [0.15, 0.2) is 48.5 Å². The molecule has 3 rings (SSSR count). The van der Waals surface area contributed by atoms with Gasteiger partial charge in [0, 0.05) is 18.7 Å². The van der Waals surface area contributed by atoms with Gasteiger partial charge in [-0.05, 0) is 41.3 Å². The standard InChI is InChI=1S/C11H13NO3.C11H13NO2/c1-14-9-5-8(3-4-11(12)13)6-10(7-9)15-2;1-14-11(13)10-6-8-4-2-3-5-9(8)7-12-10/h3-7H,1-2H3,(H2,12,13);2-5,10,12H,6-7H2,1H3. The van der Waals surface area contributed by atoms with E-state index in [9.17, 15) is 9.59 Å². The summed E-state index contributed by atoms with van der Waals surface area (Å²) in [5.41, 5.74) is 8.30. The van der Waals surface area contributed by atoms with Gasteiger partial charge in [-0.15, -0.1) is 0 Å². The van der Waals surface area contributed by atoms with Gasteiger partial charge in [-0.25, -0.2) is 0 Å². The van der Waals surface area contributed by atoms with Crippen molar-refractivity contribution in [1.82, 2.24) is 5.32 Å². The van der Waals surface area contributed by atoms with Gasteiger partial charge in [-0.2, -0.15) is 0 Å². The third-order valence-electron chi connectivity index (χ3n) is 4.38. The minimum atomic E-state index is -0.489. The molecule has 0 bridgehead atoms. The molecule has 3 N–H and O–H groups in total. The van der Waals surface area contributed by atoms with E-state index in [-0.39, 0.29) is 12.0 Å². The molecule has 0 saturated carbocycles. The van der Waals surface area contributed by atoms with Crippen molar-refractivity contribution in [2.75, 3.05) is 21.3 Å². The second kappa shape index (κ2) is 10.9. The molecule has 0 saturated heterocycles. The van der Waals surface area contributed by atoms with E-state index in [0.717, 1.165) is 18.5 Å². The fraction of sp³-hybridized carbons (Fsp3) is 0.273. The number of methoxy groups -OCH3 is 3. The highest BCUT2D eigenvalue weighted by Gasteiger charge is 2.23. The number of nitrogens with two attached hydrogens (primary N) is 1. The third kappa shape index (κ3) is 6.65. The Morgan fingerprint density at radius 2 is 1.66 bits per heavy atom. The van der Waals surface area contributed by atoms with Crippen molar-refractivity contribution >= 4 is 18.0 Å². The molecule has 1 aliphatic rings. The average molecular weight is 398 g/mol. The Balaban J connectivity index is 0.000000207. The SMILES string of the molecule is COC(=O)C1Cc2ccccc2CN1.COc1cc(C=CC(N)=O)cc(OC)c1. The van der Waals surface area contributed by atoms with E-state index in [0.29, 0.717) is 11.5 Å². The number of ether oxygens (including phenoxy) is 3. The molecule has 1 heterocycles. The zero-order chi connectivity index (χ0) is 21.2. The fourth-order valence-electron chi connectivity index (χ4n) is 2.87. The van der Waals surface area contributed by atoms with E-state index < -0.39 is 5.91 Å². The van der Waals surface area contributed by atoms with Crippen LogP contribution in [0.4, 0.5) is 0 Å². The summed E-state index contributed by atoms with van der Waals surface area (Å²) < 4.78 is 14.9. The minimum absolute atomic E-state index is 0.181. The Morgan fingerprint density at radius 1 is 1.03 bits per heavy atom. The first-order chi connectivity index (χ1) is 14.0. The van der Waals surface area contributed by atoms with Crippen molar-refractivity contribution in [3.05, 3.63) is 65.2 Å². The van der Waals surface area contributed by atoms with E-state index in [1.807, 2.05) is 12.1 Å². The van der Waals surface area contributed by atoms with Gasteiger partial charge in [0.1, 0.15) is 17.5 Å². The van der Waals surface area contributed by atoms with Crippen LogP contribution in [-0.2, 0) is 27.3 Å². The molecule has 1 unspecified atom stereocenters. The third-order valence-corrected chi connectivity index (χ3v) is 4.38. The Hall–Kier alpha value is -3.32. The van der Waals surface area contributed by atoms with E-state index in [4.69, 9.17) is 19.9 Å². The first kappa shape index (κ1) is 22.0. The molecule has 1 amide bonds. The zero-order valence-corrected chi connectivity index (χ0v) is 16.8. The van der Waals surface area contributed by atoms with Crippen molar-refractivity contribution in [3.8, 4) is 11.5 Å². The van der Waals surface area contributed by atoms with E-state index in [1.165, 1.54) is 24.3 Å². The molecule has 1 atom stereocenters. The monoisotopic (exact) mass is 398 g/mol. The Kier molecular flexibility index (Phi) is 8.24. The summed E-state index contributed by atoms with van der Waals surface area (Å²) in [5, 5.41) is 3.15. The van der Waals surface area contributed by atoms with Crippen LogP contribution in [0, 0.1) is 0 Å². The summed E-state index contributed by atoms with van der Waals surface area (Å²) in [5.74, 6) is 0.660. The van der Waals surface area contributed by atoms with Crippen molar-refractivity contribution in [2.24, 2.45) is 5.73 Å². The number of hydrogen-bond donors (Lipinski definition) is 2. The summed E-state index contributed by atoms with van der Waals surface area (Å²) in [4.78, 5) is 21.8. The lowest BCUT2D eigenvalue weighted by molar-refractivity contribution is -0.143. The van der Waals surface area contributed by atoms with Crippen LogP contribution in [0.1, 0.15) is 16.7 Å². The number of amides is 1. The second-order valence-electron chi connectivity index (χ2n) is 6.31. The molecule has 0 aliphatic carbocycles. The van der Waals surface area contributed by atoms with E-state index in [1.54, 1.807) is 38.5 Å². The number of primary amides is 1. The molecule has 29 heavy (non-hydrogen) atoms. The first-order valence-corrected chi connectivity index (χ1v) is 9.05. The summed E-state index contributed by atoms with van der Waals surface area (Å²) in [6, 6.07) is 13.3. The first-order valence-electron chi connectivity index (χ1n) is 9.05. The topological polar surface area (TPSA) is 99.9 Å². The van der Waals surface area contributed by atoms with Gasteiger partial charge in [0.2, 0.25) is 5.91 Å². The van der Waals surface area contributed by atoms with Crippen LogP contribution in [0.2, 0.25) is 0 Å². The van der Waals surface area contributed by atoms with Gasteiger partial charge in [-0.3, -0.25) is 9.59 Å². The van der Waals surface area contributed by atoms with Gasteiger partial charge < -0.3 is 25.3 Å². The summed E-state index contributed by atoms with van der Waals surface area (Å²) in [6.07, 6.45) is 3.62. The summed E-state index contributed by atoms with van der Waals surface area (Å²) >= 11 is 0. The highest BCUT2D eigenvalue weighted by molar-refractivity contribution is 5.90. The minimum Gasteiger partial charge on any atom is -0.497 e. The normalized spacial score (nSPS) is 14.9. The maximum atomic E-state index is 11.3. The molecule has 0 fully saturated rings. The molecule has 0 aromatic heterocycles. The van der Waals surface area contributed by atoms with Crippen LogP contribution in [0.5, 0.6) is 11.5 Å². The predicted octanol–water partition coefficient (Wildman–Crippen LogP) is 2.08. The number of benzene rings is 2. The molecular formula is C22H26N2O5. The number of fused-ring (bicyclic) bond motifs is 1. The van der Waals surface area contributed by atoms with Gasteiger partial charge in [0.25, 0.3) is 0 Å². The largest absolute Gasteiger partial charge is 0.497 e. The molecule has 154 valence electrons. The van der Waals surface area contributed by atoms with Crippen LogP contribution in [-0.4, -0.2) is 39.2 Å². The number of carbonyl (C=O) groups excluding carboxylic acids is 2. The predicted molar refractivity (Wildman–Crippen MR) is 111 cm³/mol. The number of carbonyl (C=O) groups is 2. The summed E-state index contributed by atoms with van der Waals surface area (Å²) in [6.45, 7) is 0.746. The zero-order valence-electron chi connectivity index (χ0n) is 16.8. The molecule has 7 heteroatoms. The molecule has 2 aromatic rings. The Bertz CT molecular complexity index is 857.